The third kappa shape index (κ3) is 2.69. The molecular formula is C16H14BrN3O. The zero-order chi connectivity index (χ0) is 14.8. The number of imidazole rings is 1. The Labute approximate surface area is 131 Å². The molecule has 106 valence electrons. The van der Waals surface area contributed by atoms with Crippen molar-refractivity contribution in [3.63, 3.8) is 0 Å². The van der Waals surface area contributed by atoms with Crippen molar-refractivity contribution >= 4 is 33.7 Å². The maximum absolute atomic E-state index is 11.4. The summed E-state index contributed by atoms with van der Waals surface area (Å²) in [6.45, 7) is 0.692. The normalized spacial score (nSPS) is 10.8. The molecule has 21 heavy (non-hydrogen) atoms. The Morgan fingerprint density at radius 3 is 2.71 bits per heavy atom. The Hall–Kier alpha value is -2.14. The predicted octanol–water partition coefficient (Wildman–Crippen LogP) is 3.55. The van der Waals surface area contributed by atoms with E-state index in [2.05, 4.69) is 33.0 Å². The highest BCUT2D eigenvalue weighted by molar-refractivity contribution is 9.10. The van der Waals surface area contributed by atoms with Crippen LogP contribution in [0.1, 0.15) is 16.1 Å². The molecule has 0 N–H and O–H groups in total. The van der Waals surface area contributed by atoms with E-state index in [1.54, 1.807) is 4.40 Å². The van der Waals surface area contributed by atoms with E-state index in [1.165, 1.54) is 0 Å². The number of carbonyl (C=O) groups excluding carboxylic acids is 1. The van der Waals surface area contributed by atoms with Crippen LogP contribution in [0.4, 0.5) is 5.82 Å². The number of rotatable bonds is 4. The Morgan fingerprint density at radius 1 is 1.24 bits per heavy atom. The molecule has 3 rings (SSSR count). The fraction of sp³-hybridized carbons (Fsp3) is 0.125. The molecule has 2 heterocycles. The molecule has 1 aromatic carbocycles. The lowest BCUT2D eigenvalue weighted by molar-refractivity contribution is 0.111. The van der Waals surface area contributed by atoms with Crippen LogP contribution in [0.3, 0.4) is 0 Å². The van der Waals surface area contributed by atoms with E-state index in [1.807, 2.05) is 48.5 Å². The van der Waals surface area contributed by atoms with Gasteiger partial charge in [-0.1, -0.05) is 34.1 Å². The van der Waals surface area contributed by atoms with Crippen LogP contribution < -0.4 is 4.90 Å². The van der Waals surface area contributed by atoms with Crippen LogP contribution in [0.2, 0.25) is 0 Å². The largest absolute Gasteiger partial charge is 0.353 e. The summed E-state index contributed by atoms with van der Waals surface area (Å²) in [7, 11) is 1.94. The average molecular weight is 344 g/mol. The smallest absolute Gasteiger partial charge is 0.170 e. The van der Waals surface area contributed by atoms with Gasteiger partial charge in [-0.2, -0.15) is 0 Å². The van der Waals surface area contributed by atoms with Crippen molar-refractivity contribution in [2.45, 2.75) is 6.54 Å². The zero-order valence-electron chi connectivity index (χ0n) is 11.5. The third-order valence-corrected chi connectivity index (χ3v) is 3.88. The van der Waals surface area contributed by atoms with E-state index in [-0.39, 0.29) is 0 Å². The second-order valence-electron chi connectivity index (χ2n) is 4.85. The first-order chi connectivity index (χ1) is 10.2. The van der Waals surface area contributed by atoms with Crippen molar-refractivity contribution in [1.29, 1.82) is 0 Å². The average Bonchev–Trinajstić information content (AvgIpc) is 2.88. The predicted molar refractivity (Wildman–Crippen MR) is 86.8 cm³/mol. The molecule has 0 spiro atoms. The molecule has 0 bridgehead atoms. The fourth-order valence-corrected chi connectivity index (χ4v) is 2.60. The lowest BCUT2D eigenvalue weighted by atomic mass is 10.2. The minimum atomic E-state index is 0.574. The molecule has 3 aromatic rings. The van der Waals surface area contributed by atoms with Gasteiger partial charge in [-0.3, -0.25) is 9.20 Å². The van der Waals surface area contributed by atoms with Crippen LogP contribution in [-0.2, 0) is 6.54 Å². The van der Waals surface area contributed by atoms with E-state index in [4.69, 9.17) is 0 Å². The van der Waals surface area contributed by atoms with Crippen LogP contribution in [-0.4, -0.2) is 22.7 Å². The number of carbonyl (C=O) groups is 1. The maximum atomic E-state index is 11.4. The summed E-state index contributed by atoms with van der Waals surface area (Å²) in [5.74, 6) is 0.694. The molecule has 0 aliphatic rings. The molecule has 4 nitrogen and oxygen atoms in total. The summed E-state index contributed by atoms with van der Waals surface area (Å²) in [5, 5.41) is 0. The Balaban J connectivity index is 1.95. The van der Waals surface area contributed by atoms with Gasteiger partial charge in [0.1, 0.15) is 11.3 Å². The molecular weight excluding hydrogens is 330 g/mol. The molecule has 0 fully saturated rings. The number of pyridine rings is 1. The minimum absolute atomic E-state index is 0.574. The number of anilines is 1. The van der Waals surface area contributed by atoms with Crippen molar-refractivity contribution < 1.29 is 4.79 Å². The van der Waals surface area contributed by atoms with Crippen LogP contribution in [0.15, 0.2) is 53.1 Å². The quantitative estimate of drug-likeness (QED) is 0.680. The first-order valence-electron chi connectivity index (χ1n) is 6.57. The monoisotopic (exact) mass is 343 g/mol. The van der Waals surface area contributed by atoms with E-state index in [0.29, 0.717) is 18.1 Å². The van der Waals surface area contributed by atoms with E-state index >= 15 is 0 Å². The standard InChI is InChI=1S/C16H14BrN3O/c1-19(10-12-5-7-13(17)8-6-12)16-14(11-21)20-9-3-2-4-15(20)18-16/h2-9,11H,10H2,1H3. The molecule has 0 saturated carbocycles. The van der Waals surface area contributed by atoms with Crippen molar-refractivity contribution in [3.05, 3.63) is 64.4 Å². The minimum Gasteiger partial charge on any atom is -0.353 e. The Morgan fingerprint density at radius 2 is 2.00 bits per heavy atom. The summed E-state index contributed by atoms with van der Waals surface area (Å²) < 4.78 is 2.86. The van der Waals surface area contributed by atoms with Crippen LogP contribution >= 0.6 is 15.9 Å². The van der Waals surface area contributed by atoms with Gasteiger partial charge in [-0.25, -0.2) is 4.98 Å². The number of aromatic nitrogens is 2. The number of fused-ring (bicyclic) bond motifs is 1. The first kappa shape index (κ1) is 13.8. The molecule has 0 radical (unpaired) electrons. The topological polar surface area (TPSA) is 37.6 Å². The maximum Gasteiger partial charge on any atom is 0.170 e. The number of halogens is 1. The molecule has 0 unspecified atom stereocenters. The molecule has 0 aliphatic carbocycles. The van der Waals surface area contributed by atoms with Crippen molar-refractivity contribution in [1.82, 2.24) is 9.38 Å². The van der Waals surface area contributed by atoms with Gasteiger partial charge in [-0.05, 0) is 29.8 Å². The van der Waals surface area contributed by atoms with Gasteiger partial charge < -0.3 is 4.90 Å². The number of aldehydes is 1. The molecule has 0 atom stereocenters. The first-order valence-corrected chi connectivity index (χ1v) is 7.36. The summed E-state index contributed by atoms with van der Waals surface area (Å²) in [4.78, 5) is 17.9. The van der Waals surface area contributed by atoms with Gasteiger partial charge in [0.25, 0.3) is 0 Å². The van der Waals surface area contributed by atoms with E-state index in [9.17, 15) is 4.79 Å². The van der Waals surface area contributed by atoms with E-state index < -0.39 is 0 Å². The molecule has 5 heteroatoms. The van der Waals surface area contributed by atoms with Crippen molar-refractivity contribution in [2.75, 3.05) is 11.9 Å². The highest BCUT2D eigenvalue weighted by Crippen LogP contribution is 2.21. The highest BCUT2D eigenvalue weighted by Gasteiger charge is 2.15. The van der Waals surface area contributed by atoms with Gasteiger partial charge in [-0.15, -0.1) is 0 Å². The second kappa shape index (κ2) is 5.69. The molecule has 0 amide bonds. The van der Waals surface area contributed by atoms with Gasteiger partial charge in [0.15, 0.2) is 12.1 Å². The highest BCUT2D eigenvalue weighted by atomic mass is 79.9. The van der Waals surface area contributed by atoms with Gasteiger partial charge in [0.05, 0.1) is 0 Å². The molecule has 0 aliphatic heterocycles. The van der Waals surface area contributed by atoms with Crippen LogP contribution in [0.25, 0.3) is 5.65 Å². The van der Waals surface area contributed by atoms with Gasteiger partial charge in [0, 0.05) is 24.3 Å². The SMILES string of the molecule is CN(Cc1ccc(Br)cc1)c1nc2ccccn2c1C=O. The Kier molecular flexibility index (Phi) is 3.75. The number of benzene rings is 1. The molecule has 0 saturated heterocycles. The summed E-state index contributed by atoms with van der Waals surface area (Å²) >= 11 is 3.43. The van der Waals surface area contributed by atoms with Gasteiger partial charge >= 0.3 is 0 Å². The number of hydrogen-bond donors (Lipinski definition) is 0. The lowest BCUT2D eigenvalue weighted by Gasteiger charge is -2.17. The zero-order valence-corrected chi connectivity index (χ0v) is 13.1. The number of nitrogens with zero attached hydrogens (tertiary/aromatic N) is 3. The van der Waals surface area contributed by atoms with Gasteiger partial charge in [0.2, 0.25) is 0 Å². The summed E-state index contributed by atoms with van der Waals surface area (Å²) in [6.07, 6.45) is 2.70. The fourth-order valence-electron chi connectivity index (χ4n) is 2.33. The lowest BCUT2D eigenvalue weighted by Crippen LogP contribution is -2.18. The van der Waals surface area contributed by atoms with Crippen LogP contribution in [0.5, 0.6) is 0 Å². The third-order valence-electron chi connectivity index (χ3n) is 3.35. The Bertz CT molecular complexity index is 780. The summed E-state index contributed by atoms with van der Waals surface area (Å²) in [6, 6.07) is 13.8. The van der Waals surface area contributed by atoms with Crippen molar-refractivity contribution in [3.8, 4) is 0 Å². The second-order valence-corrected chi connectivity index (χ2v) is 5.77. The molecule has 2 aromatic heterocycles. The van der Waals surface area contributed by atoms with E-state index in [0.717, 1.165) is 22.0 Å². The number of hydrogen-bond acceptors (Lipinski definition) is 3. The van der Waals surface area contributed by atoms with Crippen molar-refractivity contribution in [2.24, 2.45) is 0 Å². The van der Waals surface area contributed by atoms with Crippen LogP contribution in [0, 0.1) is 0 Å². The summed E-state index contributed by atoms with van der Waals surface area (Å²) in [5.41, 5.74) is 2.51.